The molecule has 2 rings (SSSR count). The van der Waals surface area contributed by atoms with Gasteiger partial charge in [-0.2, -0.15) is 8.42 Å². The molecule has 0 saturated heterocycles. The number of pyridine rings is 1. The molecule has 122 valence electrons. The van der Waals surface area contributed by atoms with E-state index in [0.717, 1.165) is 22.1 Å². The van der Waals surface area contributed by atoms with Crippen LogP contribution in [0.4, 0.5) is 0 Å². The van der Waals surface area contributed by atoms with Gasteiger partial charge in [-0.15, -0.1) is 4.73 Å². The van der Waals surface area contributed by atoms with Crippen molar-refractivity contribution in [3.63, 3.8) is 0 Å². The average Bonchev–Trinajstić information content (AvgIpc) is 2.42. The first-order valence-corrected chi connectivity index (χ1v) is 8.93. The first kappa shape index (κ1) is 17.3. The van der Waals surface area contributed by atoms with Gasteiger partial charge >= 0.3 is 10.1 Å². The molecule has 7 heteroatoms. The molecule has 0 aliphatic carbocycles. The summed E-state index contributed by atoms with van der Waals surface area (Å²) in [6.45, 7) is 3.60. The Morgan fingerprint density at radius 3 is 2.39 bits per heavy atom. The monoisotopic (exact) mass is 353 g/mol. The second-order valence-electron chi connectivity index (χ2n) is 5.20. The second-order valence-corrected chi connectivity index (χ2v) is 7.20. The van der Waals surface area contributed by atoms with Gasteiger partial charge in [-0.05, 0) is 54.8 Å². The molecule has 0 spiro atoms. The summed E-state index contributed by atoms with van der Waals surface area (Å²) in [4.78, 5) is 12.0. The predicted octanol–water partition coefficient (Wildman–Crippen LogP) is 2.76. The Kier molecular flexibility index (Phi) is 4.97. The van der Waals surface area contributed by atoms with Crippen LogP contribution < -0.4 is 9.84 Å². The first-order chi connectivity index (χ1) is 10.7. The molecule has 0 bridgehead atoms. The number of aryl methyl sites for hydroxylation is 1. The number of nitrogens with zero attached hydrogens (tertiary/aromatic N) is 1. The van der Waals surface area contributed by atoms with Crippen molar-refractivity contribution in [2.75, 3.05) is 6.26 Å². The van der Waals surface area contributed by atoms with Gasteiger partial charge in [0.1, 0.15) is 0 Å². The molecule has 2 aromatic rings. The van der Waals surface area contributed by atoms with Crippen LogP contribution in [0.15, 0.2) is 41.2 Å². The van der Waals surface area contributed by atoms with E-state index in [1.807, 2.05) is 19.1 Å². The van der Waals surface area contributed by atoms with Gasteiger partial charge in [0, 0.05) is 11.1 Å². The zero-order valence-corrected chi connectivity index (χ0v) is 14.5. The minimum atomic E-state index is -3.82. The number of aromatic nitrogens is 1. The van der Waals surface area contributed by atoms with Gasteiger partial charge in [0.25, 0.3) is 5.56 Å². The van der Waals surface area contributed by atoms with E-state index in [9.17, 15) is 13.2 Å². The zero-order chi connectivity index (χ0) is 17.2. The van der Waals surface area contributed by atoms with Crippen LogP contribution in [0, 0.1) is 6.92 Å². The maximum atomic E-state index is 12.0. The molecule has 1 heterocycles. The van der Waals surface area contributed by atoms with Crippen molar-refractivity contribution in [3.8, 4) is 0 Å². The fraction of sp³-hybridized carbons (Fsp3) is 0.188. The maximum absolute atomic E-state index is 12.0. The summed E-state index contributed by atoms with van der Waals surface area (Å²) in [6.07, 6.45) is 2.57. The topological polar surface area (TPSA) is 65.4 Å². The van der Waals surface area contributed by atoms with Crippen molar-refractivity contribution in [1.29, 1.82) is 0 Å². The quantitative estimate of drug-likeness (QED) is 0.847. The van der Waals surface area contributed by atoms with E-state index in [4.69, 9.17) is 15.9 Å². The summed E-state index contributed by atoms with van der Waals surface area (Å²) in [5.41, 5.74) is 2.23. The van der Waals surface area contributed by atoms with Gasteiger partial charge in [-0.25, -0.2) is 0 Å². The summed E-state index contributed by atoms with van der Waals surface area (Å²) in [5, 5.41) is 0.620. The largest absolute Gasteiger partial charge is 0.324 e. The molecule has 0 unspecified atom stereocenters. The number of hydrogen-bond donors (Lipinski definition) is 0. The van der Waals surface area contributed by atoms with E-state index in [0.29, 0.717) is 16.3 Å². The maximum Gasteiger partial charge on any atom is 0.324 e. The highest BCUT2D eigenvalue weighted by Crippen LogP contribution is 2.19. The summed E-state index contributed by atoms with van der Waals surface area (Å²) in [6, 6.07) is 10.2. The number of rotatable bonds is 4. The van der Waals surface area contributed by atoms with Crippen molar-refractivity contribution in [1.82, 2.24) is 4.73 Å². The molecule has 0 radical (unpaired) electrons. The number of benzene rings is 1. The SMILES string of the molecule is CC(=Cc1cc(C)cc(=O)n1OS(C)(=O)=O)c1ccc(Cl)cc1. The molecule has 5 nitrogen and oxygen atoms in total. The van der Waals surface area contributed by atoms with Crippen molar-refractivity contribution in [2.24, 2.45) is 0 Å². The average molecular weight is 354 g/mol. The summed E-state index contributed by atoms with van der Waals surface area (Å²) >= 11 is 5.86. The molecule has 0 fully saturated rings. The Hall–Kier alpha value is -2.05. The van der Waals surface area contributed by atoms with Crippen molar-refractivity contribution >= 4 is 33.4 Å². The smallest absolute Gasteiger partial charge is 0.284 e. The lowest BCUT2D eigenvalue weighted by Crippen LogP contribution is -2.31. The molecular weight excluding hydrogens is 338 g/mol. The molecule has 0 aliphatic heterocycles. The summed E-state index contributed by atoms with van der Waals surface area (Å²) in [5.74, 6) is 0. The third-order valence-corrected chi connectivity index (χ3v) is 3.71. The molecule has 0 saturated carbocycles. The van der Waals surface area contributed by atoms with Crippen LogP contribution in [-0.4, -0.2) is 19.4 Å². The zero-order valence-electron chi connectivity index (χ0n) is 12.9. The highest BCUT2D eigenvalue weighted by atomic mass is 35.5. The van der Waals surface area contributed by atoms with Crippen LogP contribution in [0.5, 0.6) is 0 Å². The van der Waals surface area contributed by atoms with Gasteiger partial charge in [-0.1, -0.05) is 23.7 Å². The van der Waals surface area contributed by atoms with Crippen LogP contribution >= 0.6 is 11.6 Å². The van der Waals surface area contributed by atoms with Crippen LogP contribution in [0.3, 0.4) is 0 Å². The molecule has 1 aromatic carbocycles. The third kappa shape index (κ3) is 4.71. The number of halogens is 1. The van der Waals surface area contributed by atoms with E-state index >= 15 is 0 Å². The molecular formula is C16H16ClNO4S. The lowest BCUT2D eigenvalue weighted by Gasteiger charge is -2.11. The minimum Gasteiger partial charge on any atom is -0.284 e. The third-order valence-electron chi connectivity index (χ3n) is 3.04. The van der Waals surface area contributed by atoms with Crippen molar-refractivity contribution in [2.45, 2.75) is 13.8 Å². The van der Waals surface area contributed by atoms with E-state index in [1.54, 1.807) is 31.2 Å². The minimum absolute atomic E-state index is 0.341. The molecule has 23 heavy (non-hydrogen) atoms. The Balaban J connectivity index is 2.55. The molecule has 0 aliphatic rings. The van der Waals surface area contributed by atoms with Crippen LogP contribution in [0.1, 0.15) is 23.7 Å². The van der Waals surface area contributed by atoms with Gasteiger partial charge < -0.3 is 0 Å². The fourth-order valence-electron chi connectivity index (χ4n) is 2.05. The second kappa shape index (κ2) is 6.60. The van der Waals surface area contributed by atoms with Crippen molar-refractivity contribution < 1.29 is 12.7 Å². The Morgan fingerprint density at radius 2 is 1.83 bits per heavy atom. The molecule has 0 N–H and O–H groups in total. The predicted molar refractivity (Wildman–Crippen MR) is 91.9 cm³/mol. The lowest BCUT2D eigenvalue weighted by molar-refractivity contribution is 0.267. The van der Waals surface area contributed by atoms with Gasteiger partial charge in [0.05, 0.1) is 11.9 Å². The van der Waals surface area contributed by atoms with Crippen molar-refractivity contribution in [3.05, 3.63) is 68.6 Å². The Morgan fingerprint density at radius 1 is 1.22 bits per heavy atom. The molecule has 0 amide bonds. The highest BCUT2D eigenvalue weighted by molar-refractivity contribution is 7.86. The van der Waals surface area contributed by atoms with E-state index < -0.39 is 15.7 Å². The van der Waals surface area contributed by atoms with Crippen LogP contribution in [-0.2, 0) is 10.1 Å². The first-order valence-electron chi connectivity index (χ1n) is 6.73. The summed E-state index contributed by atoms with van der Waals surface area (Å²) in [7, 11) is -3.82. The van der Waals surface area contributed by atoms with Gasteiger partial charge in [0.2, 0.25) is 0 Å². The fourth-order valence-corrected chi connectivity index (χ4v) is 2.60. The normalized spacial score (nSPS) is 12.3. The van der Waals surface area contributed by atoms with E-state index in [-0.39, 0.29) is 0 Å². The molecule has 0 atom stereocenters. The van der Waals surface area contributed by atoms with E-state index in [1.165, 1.54) is 6.07 Å². The van der Waals surface area contributed by atoms with E-state index in [2.05, 4.69) is 0 Å². The standard InChI is InChI=1S/C16H16ClNO4S/c1-11-8-15(18(16(19)9-11)22-23(3,20)21)10-12(2)13-4-6-14(17)7-5-13/h4-10H,1-3H3. The Bertz CT molecular complexity index is 912. The lowest BCUT2D eigenvalue weighted by atomic mass is 10.1. The van der Waals surface area contributed by atoms with Gasteiger partial charge in [0.15, 0.2) is 0 Å². The Labute approximate surface area is 139 Å². The number of allylic oxidation sites excluding steroid dienone is 1. The summed E-state index contributed by atoms with van der Waals surface area (Å²) < 4.78 is 28.3. The van der Waals surface area contributed by atoms with Gasteiger partial charge in [-0.3, -0.25) is 9.08 Å². The van der Waals surface area contributed by atoms with Crippen LogP contribution in [0.2, 0.25) is 5.02 Å². The number of hydrogen-bond acceptors (Lipinski definition) is 4. The highest BCUT2D eigenvalue weighted by Gasteiger charge is 2.11. The molecule has 1 aromatic heterocycles. The van der Waals surface area contributed by atoms with Crippen LogP contribution in [0.25, 0.3) is 11.6 Å².